The zero-order chi connectivity index (χ0) is 21.5. The minimum atomic E-state index is -0.758. The van der Waals surface area contributed by atoms with Gasteiger partial charge in [-0.25, -0.2) is 8.78 Å². The number of aliphatic hydroxyl groups is 1. The summed E-state index contributed by atoms with van der Waals surface area (Å²) in [6, 6.07) is 11.4. The lowest BCUT2D eigenvalue weighted by Gasteiger charge is -2.38. The molecular weight excluding hydrogens is 384 g/mol. The van der Waals surface area contributed by atoms with Crippen LogP contribution in [0.1, 0.15) is 30.5 Å². The van der Waals surface area contributed by atoms with Crippen LogP contribution in [0.15, 0.2) is 59.7 Å². The van der Waals surface area contributed by atoms with Gasteiger partial charge >= 0.3 is 0 Å². The second kappa shape index (κ2) is 10.5. The third kappa shape index (κ3) is 5.97. The molecule has 3 rings (SSSR count). The quantitative estimate of drug-likeness (QED) is 0.657. The first-order valence-electron chi connectivity index (χ1n) is 10.3. The van der Waals surface area contributed by atoms with Crippen molar-refractivity contribution in [3.63, 3.8) is 0 Å². The summed E-state index contributed by atoms with van der Waals surface area (Å²) < 4.78 is 27.4. The van der Waals surface area contributed by atoms with E-state index >= 15 is 0 Å². The standard InChI is InChI=1S/C24H29F2N3O/c1-3-18-6-4-7-19(10-18)15-27-16-24(30)23(29-9-5-8-28-17(29)2)13-20-11-21(25)14-22(26)12-20/h4-12,14,17,23-24,27,30H,3,13,15-16H2,1-2H3/t17?,23-,24+/m0/s1. The number of rotatable bonds is 9. The van der Waals surface area contributed by atoms with Gasteiger partial charge in [-0.3, -0.25) is 4.99 Å². The minimum absolute atomic E-state index is 0.172. The van der Waals surface area contributed by atoms with Crippen LogP contribution in [0.3, 0.4) is 0 Å². The fraction of sp³-hybridized carbons (Fsp3) is 0.375. The zero-order valence-corrected chi connectivity index (χ0v) is 17.4. The summed E-state index contributed by atoms with van der Waals surface area (Å²) in [5.74, 6) is -1.24. The smallest absolute Gasteiger partial charge is 0.126 e. The summed E-state index contributed by atoms with van der Waals surface area (Å²) in [5, 5.41) is 14.3. The van der Waals surface area contributed by atoms with E-state index in [1.54, 1.807) is 12.3 Å². The van der Waals surface area contributed by atoms with Crippen molar-refractivity contribution in [1.82, 2.24) is 10.2 Å². The Morgan fingerprint density at radius 2 is 1.83 bits per heavy atom. The molecule has 4 nitrogen and oxygen atoms in total. The van der Waals surface area contributed by atoms with Crippen molar-refractivity contribution in [2.45, 2.75) is 51.5 Å². The fourth-order valence-corrected chi connectivity index (χ4v) is 3.77. The van der Waals surface area contributed by atoms with E-state index in [4.69, 9.17) is 0 Å². The van der Waals surface area contributed by atoms with E-state index in [9.17, 15) is 13.9 Å². The number of allylic oxidation sites excluding steroid dienone is 1. The molecule has 0 fully saturated rings. The number of aryl methyl sites for hydroxylation is 1. The van der Waals surface area contributed by atoms with Crippen LogP contribution < -0.4 is 5.32 Å². The molecule has 0 aliphatic carbocycles. The van der Waals surface area contributed by atoms with E-state index < -0.39 is 17.7 Å². The molecule has 3 atom stereocenters. The molecule has 2 N–H and O–H groups in total. The Kier molecular flexibility index (Phi) is 7.71. The zero-order valence-electron chi connectivity index (χ0n) is 17.4. The number of benzene rings is 2. The van der Waals surface area contributed by atoms with Crippen molar-refractivity contribution in [3.8, 4) is 0 Å². The van der Waals surface area contributed by atoms with Crippen molar-refractivity contribution in [1.29, 1.82) is 0 Å². The molecule has 0 saturated heterocycles. The molecule has 30 heavy (non-hydrogen) atoms. The predicted octanol–water partition coefficient (Wildman–Crippen LogP) is 3.84. The molecular formula is C24H29F2N3O. The average Bonchev–Trinajstić information content (AvgIpc) is 2.72. The summed E-state index contributed by atoms with van der Waals surface area (Å²) in [5.41, 5.74) is 2.93. The Labute approximate surface area is 177 Å². The van der Waals surface area contributed by atoms with Crippen molar-refractivity contribution >= 4 is 6.21 Å². The molecule has 0 radical (unpaired) electrons. The minimum Gasteiger partial charge on any atom is -0.390 e. The predicted molar refractivity (Wildman–Crippen MR) is 116 cm³/mol. The van der Waals surface area contributed by atoms with Gasteiger partial charge < -0.3 is 15.3 Å². The van der Waals surface area contributed by atoms with E-state index in [1.807, 2.05) is 24.1 Å². The highest BCUT2D eigenvalue weighted by Gasteiger charge is 2.28. The van der Waals surface area contributed by atoms with Gasteiger partial charge in [0.15, 0.2) is 0 Å². The molecule has 1 aliphatic rings. The van der Waals surface area contributed by atoms with Crippen molar-refractivity contribution in [2.24, 2.45) is 4.99 Å². The van der Waals surface area contributed by atoms with Gasteiger partial charge in [-0.05, 0) is 54.7 Å². The fourth-order valence-electron chi connectivity index (χ4n) is 3.77. The molecule has 0 bridgehead atoms. The molecule has 160 valence electrons. The molecule has 1 heterocycles. The van der Waals surface area contributed by atoms with Crippen molar-refractivity contribution in [3.05, 3.63) is 83.1 Å². The molecule has 6 heteroatoms. The summed E-state index contributed by atoms with van der Waals surface area (Å²) >= 11 is 0. The van der Waals surface area contributed by atoms with Gasteiger partial charge in [-0.2, -0.15) is 0 Å². The maximum absolute atomic E-state index is 13.7. The summed E-state index contributed by atoms with van der Waals surface area (Å²) in [6.45, 7) is 5.02. The van der Waals surface area contributed by atoms with E-state index in [0.29, 0.717) is 25.1 Å². The van der Waals surface area contributed by atoms with Crippen LogP contribution in [-0.4, -0.2) is 41.1 Å². The number of nitrogens with one attached hydrogen (secondary N) is 1. The third-order valence-electron chi connectivity index (χ3n) is 5.35. The lowest BCUT2D eigenvalue weighted by atomic mass is 9.98. The third-order valence-corrected chi connectivity index (χ3v) is 5.35. The topological polar surface area (TPSA) is 47.9 Å². The van der Waals surface area contributed by atoms with E-state index in [-0.39, 0.29) is 12.2 Å². The van der Waals surface area contributed by atoms with Gasteiger partial charge in [-0.15, -0.1) is 0 Å². The number of nitrogens with zero attached hydrogens (tertiary/aromatic N) is 2. The number of hydrogen-bond donors (Lipinski definition) is 2. The second-order valence-corrected chi connectivity index (χ2v) is 7.64. The number of aliphatic imine (C=N–C) groups is 1. The van der Waals surface area contributed by atoms with Crippen LogP contribution in [0.2, 0.25) is 0 Å². The number of hydrogen-bond acceptors (Lipinski definition) is 4. The second-order valence-electron chi connectivity index (χ2n) is 7.64. The summed E-state index contributed by atoms with van der Waals surface area (Å²) in [7, 11) is 0. The highest BCUT2D eigenvalue weighted by atomic mass is 19.1. The van der Waals surface area contributed by atoms with E-state index in [0.717, 1.165) is 18.1 Å². The Bertz CT molecular complexity index is 880. The highest BCUT2D eigenvalue weighted by molar-refractivity contribution is 5.71. The summed E-state index contributed by atoms with van der Waals surface area (Å²) in [6.07, 6.45) is 5.72. The largest absolute Gasteiger partial charge is 0.390 e. The lowest BCUT2D eigenvalue weighted by molar-refractivity contribution is 0.0572. The Morgan fingerprint density at radius 3 is 2.53 bits per heavy atom. The van der Waals surface area contributed by atoms with Gasteiger partial charge in [0.05, 0.1) is 12.1 Å². The van der Waals surface area contributed by atoms with Crippen molar-refractivity contribution in [2.75, 3.05) is 6.54 Å². The molecule has 2 aromatic carbocycles. The highest BCUT2D eigenvalue weighted by Crippen LogP contribution is 2.20. The van der Waals surface area contributed by atoms with E-state index in [2.05, 4.69) is 35.4 Å². The van der Waals surface area contributed by atoms with Crippen LogP contribution in [0.25, 0.3) is 0 Å². The Hall–Kier alpha value is -2.57. The molecule has 1 unspecified atom stereocenters. The Balaban J connectivity index is 1.70. The van der Waals surface area contributed by atoms with Gasteiger partial charge in [0.1, 0.15) is 17.8 Å². The van der Waals surface area contributed by atoms with Crippen molar-refractivity contribution < 1.29 is 13.9 Å². The van der Waals surface area contributed by atoms with Crippen LogP contribution in [-0.2, 0) is 19.4 Å². The van der Waals surface area contributed by atoms with Gasteiger partial charge in [0, 0.05) is 31.6 Å². The number of halogens is 2. The first-order chi connectivity index (χ1) is 14.5. The molecule has 0 amide bonds. The molecule has 0 saturated carbocycles. The molecule has 2 aromatic rings. The first-order valence-corrected chi connectivity index (χ1v) is 10.3. The normalized spacial score (nSPS) is 17.9. The van der Waals surface area contributed by atoms with Crippen LogP contribution in [0.5, 0.6) is 0 Å². The van der Waals surface area contributed by atoms with Crippen LogP contribution in [0.4, 0.5) is 8.78 Å². The lowest BCUT2D eigenvalue weighted by Crippen LogP contribution is -2.50. The number of aliphatic hydroxyl groups excluding tert-OH is 1. The molecule has 0 spiro atoms. The van der Waals surface area contributed by atoms with E-state index in [1.165, 1.54) is 17.7 Å². The Morgan fingerprint density at radius 1 is 1.10 bits per heavy atom. The van der Waals surface area contributed by atoms with Crippen LogP contribution in [0, 0.1) is 11.6 Å². The monoisotopic (exact) mass is 413 g/mol. The van der Waals surface area contributed by atoms with Crippen LogP contribution >= 0.6 is 0 Å². The molecule has 0 aromatic heterocycles. The van der Waals surface area contributed by atoms with Gasteiger partial charge in [0.2, 0.25) is 0 Å². The van der Waals surface area contributed by atoms with Gasteiger partial charge in [0.25, 0.3) is 0 Å². The average molecular weight is 414 g/mol. The summed E-state index contributed by atoms with van der Waals surface area (Å²) in [4.78, 5) is 6.31. The first kappa shape index (κ1) is 22.1. The van der Waals surface area contributed by atoms with Gasteiger partial charge in [-0.1, -0.05) is 31.2 Å². The molecule has 1 aliphatic heterocycles. The maximum Gasteiger partial charge on any atom is 0.126 e. The SMILES string of the molecule is CCc1cccc(CNC[C@@H](O)[C@H](Cc2cc(F)cc(F)c2)N2C=CC=NC2C)c1. The maximum atomic E-state index is 13.7.